The topological polar surface area (TPSA) is 76.2 Å². The van der Waals surface area contributed by atoms with E-state index in [2.05, 4.69) is 15.5 Å². The summed E-state index contributed by atoms with van der Waals surface area (Å²) in [6.45, 7) is 3.46. The first-order chi connectivity index (χ1) is 11.1. The minimum atomic E-state index is -0.0177. The Morgan fingerprint density at radius 3 is 3.13 bits per heavy atom. The van der Waals surface area contributed by atoms with Crippen LogP contribution < -0.4 is 5.32 Å². The maximum Gasteiger partial charge on any atom is 0.317 e. The number of urea groups is 1. The smallest absolute Gasteiger partial charge is 0.317 e. The van der Waals surface area contributed by atoms with Crippen LogP contribution in [-0.2, 0) is 13.5 Å². The van der Waals surface area contributed by atoms with Crippen LogP contribution in [0.2, 0.25) is 0 Å². The summed E-state index contributed by atoms with van der Waals surface area (Å²) in [6, 6.07) is 3.80. The number of furan rings is 1. The molecule has 7 nitrogen and oxygen atoms in total. The van der Waals surface area contributed by atoms with Crippen molar-refractivity contribution in [3.05, 3.63) is 36.3 Å². The van der Waals surface area contributed by atoms with Gasteiger partial charge >= 0.3 is 6.03 Å². The molecule has 7 heteroatoms. The highest BCUT2D eigenvalue weighted by Crippen LogP contribution is 2.25. The monoisotopic (exact) mass is 317 g/mol. The normalized spacial score (nSPS) is 19.6. The SMILES string of the molecule is C[C@H](Cc1ccco1)NC(=O)N1CCC[C@H](c2nncn2C)C1. The molecule has 124 valence electrons. The number of aryl methyl sites for hydroxylation is 1. The molecule has 3 rings (SSSR count). The fourth-order valence-corrected chi connectivity index (χ4v) is 3.12. The van der Waals surface area contributed by atoms with E-state index < -0.39 is 0 Å². The molecule has 0 saturated carbocycles. The molecule has 0 aromatic carbocycles. The maximum atomic E-state index is 12.5. The van der Waals surface area contributed by atoms with Crippen LogP contribution in [0.15, 0.2) is 29.1 Å². The lowest BCUT2D eigenvalue weighted by Crippen LogP contribution is -2.48. The van der Waals surface area contributed by atoms with Crippen LogP contribution in [0.3, 0.4) is 0 Å². The lowest BCUT2D eigenvalue weighted by atomic mass is 9.97. The Balaban J connectivity index is 1.55. The Morgan fingerprint density at radius 1 is 1.57 bits per heavy atom. The third-order valence-corrected chi connectivity index (χ3v) is 4.28. The number of carbonyl (C=O) groups is 1. The number of piperidine rings is 1. The number of rotatable bonds is 4. The first kappa shape index (κ1) is 15.6. The van der Waals surface area contributed by atoms with Crippen LogP contribution in [0.5, 0.6) is 0 Å². The van der Waals surface area contributed by atoms with E-state index in [4.69, 9.17) is 4.42 Å². The summed E-state index contributed by atoms with van der Waals surface area (Å²) in [7, 11) is 1.94. The first-order valence-corrected chi connectivity index (χ1v) is 8.05. The summed E-state index contributed by atoms with van der Waals surface area (Å²) in [5.74, 6) is 2.09. The zero-order valence-electron chi connectivity index (χ0n) is 13.6. The second kappa shape index (κ2) is 6.85. The Morgan fingerprint density at radius 2 is 2.43 bits per heavy atom. The molecular formula is C16H23N5O2. The van der Waals surface area contributed by atoms with E-state index >= 15 is 0 Å². The molecular weight excluding hydrogens is 294 g/mol. The molecule has 1 aliphatic heterocycles. The molecule has 1 fully saturated rings. The van der Waals surface area contributed by atoms with E-state index in [1.807, 2.05) is 35.6 Å². The summed E-state index contributed by atoms with van der Waals surface area (Å²) < 4.78 is 7.26. The molecule has 23 heavy (non-hydrogen) atoms. The van der Waals surface area contributed by atoms with Crippen LogP contribution in [0, 0.1) is 0 Å². The third-order valence-electron chi connectivity index (χ3n) is 4.28. The van der Waals surface area contributed by atoms with Gasteiger partial charge < -0.3 is 19.2 Å². The first-order valence-electron chi connectivity index (χ1n) is 8.05. The average molecular weight is 317 g/mol. The lowest BCUT2D eigenvalue weighted by molar-refractivity contribution is 0.174. The molecule has 1 N–H and O–H groups in total. The van der Waals surface area contributed by atoms with Crippen molar-refractivity contribution in [2.24, 2.45) is 7.05 Å². The van der Waals surface area contributed by atoms with Crippen LogP contribution in [0.1, 0.15) is 37.3 Å². The van der Waals surface area contributed by atoms with Crippen molar-refractivity contribution in [2.45, 2.75) is 38.1 Å². The van der Waals surface area contributed by atoms with E-state index in [0.717, 1.165) is 31.0 Å². The van der Waals surface area contributed by atoms with Gasteiger partial charge in [0.05, 0.1) is 6.26 Å². The zero-order chi connectivity index (χ0) is 16.2. The van der Waals surface area contributed by atoms with Gasteiger partial charge in [-0.1, -0.05) is 0 Å². The van der Waals surface area contributed by atoms with E-state index in [1.54, 1.807) is 12.6 Å². The Hall–Kier alpha value is -2.31. The number of hydrogen-bond donors (Lipinski definition) is 1. The predicted octanol–water partition coefficient (Wildman–Crippen LogP) is 1.93. The Labute approximate surface area is 135 Å². The van der Waals surface area contributed by atoms with Crippen molar-refractivity contribution in [3.8, 4) is 0 Å². The summed E-state index contributed by atoms with van der Waals surface area (Å²) in [6.07, 6.45) is 6.08. The highest BCUT2D eigenvalue weighted by molar-refractivity contribution is 5.74. The van der Waals surface area contributed by atoms with Crippen molar-refractivity contribution in [1.29, 1.82) is 0 Å². The average Bonchev–Trinajstić information content (AvgIpc) is 3.19. The van der Waals surface area contributed by atoms with Gasteiger partial charge in [-0.25, -0.2) is 4.79 Å². The molecule has 2 aromatic rings. The van der Waals surface area contributed by atoms with Crippen molar-refractivity contribution in [2.75, 3.05) is 13.1 Å². The van der Waals surface area contributed by atoms with Gasteiger partial charge in [-0.2, -0.15) is 0 Å². The predicted molar refractivity (Wildman–Crippen MR) is 85.0 cm³/mol. The van der Waals surface area contributed by atoms with Gasteiger partial charge in [-0.15, -0.1) is 10.2 Å². The highest BCUT2D eigenvalue weighted by Gasteiger charge is 2.28. The second-order valence-electron chi connectivity index (χ2n) is 6.22. The van der Waals surface area contributed by atoms with Crippen LogP contribution >= 0.6 is 0 Å². The fourth-order valence-electron chi connectivity index (χ4n) is 3.12. The van der Waals surface area contributed by atoms with Gasteiger partial charge in [0.15, 0.2) is 0 Å². The second-order valence-corrected chi connectivity index (χ2v) is 6.22. The molecule has 2 amide bonds. The highest BCUT2D eigenvalue weighted by atomic mass is 16.3. The minimum absolute atomic E-state index is 0.0177. The van der Waals surface area contributed by atoms with Crippen LogP contribution in [-0.4, -0.2) is 44.8 Å². The Bertz CT molecular complexity index is 637. The van der Waals surface area contributed by atoms with Gasteiger partial charge in [0.25, 0.3) is 0 Å². The Kier molecular flexibility index (Phi) is 4.64. The minimum Gasteiger partial charge on any atom is -0.469 e. The standard InChI is InChI=1S/C16H23N5O2/c1-12(9-14-6-4-8-23-14)18-16(22)21-7-3-5-13(10-21)15-19-17-11-20(15)2/h4,6,8,11-13H,3,5,7,9-10H2,1-2H3,(H,18,22)/t12-,13+/m1/s1. The van der Waals surface area contributed by atoms with Crippen molar-refractivity contribution in [1.82, 2.24) is 25.0 Å². The van der Waals surface area contributed by atoms with Crippen LogP contribution in [0.25, 0.3) is 0 Å². The molecule has 1 aliphatic rings. The third kappa shape index (κ3) is 3.72. The van der Waals surface area contributed by atoms with E-state index in [0.29, 0.717) is 13.0 Å². The van der Waals surface area contributed by atoms with Gasteiger partial charge in [0, 0.05) is 38.5 Å². The zero-order valence-corrected chi connectivity index (χ0v) is 13.6. The van der Waals surface area contributed by atoms with Crippen molar-refractivity contribution < 1.29 is 9.21 Å². The summed E-state index contributed by atoms with van der Waals surface area (Å²) in [4.78, 5) is 14.4. The molecule has 2 atom stereocenters. The molecule has 0 bridgehead atoms. The summed E-state index contributed by atoms with van der Waals surface area (Å²) in [5.41, 5.74) is 0. The number of hydrogen-bond acceptors (Lipinski definition) is 4. The number of amides is 2. The maximum absolute atomic E-state index is 12.5. The van der Waals surface area contributed by atoms with Gasteiger partial charge in [0.1, 0.15) is 17.9 Å². The molecule has 3 heterocycles. The number of carbonyl (C=O) groups excluding carboxylic acids is 1. The van der Waals surface area contributed by atoms with Gasteiger partial charge in [0.2, 0.25) is 0 Å². The van der Waals surface area contributed by atoms with Gasteiger partial charge in [-0.05, 0) is 31.9 Å². The van der Waals surface area contributed by atoms with Crippen molar-refractivity contribution >= 4 is 6.03 Å². The summed E-state index contributed by atoms with van der Waals surface area (Å²) in [5, 5.41) is 11.2. The van der Waals surface area contributed by atoms with E-state index in [-0.39, 0.29) is 18.0 Å². The number of likely N-dealkylation sites (tertiary alicyclic amines) is 1. The largest absolute Gasteiger partial charge is 0.469 e. The van der Waals surface area contributed by atoms with Crippen LogP contribution in [0.4, 0.5) is 4.79 Å². The molecule has 2 aromatic heterocycles. The van der Waals surface area contributed by atoms with Crippen molar-refractivity contribution in [3.63, 3.8) is 0 Å². The van der Waals surface area contributed by atoms with Gasteiger partial charge in [-0.3, -0.25) is 0 Å². The summed E-state index contributed by atoms with van der Waals surface area (Å²) >= 11 is 0. The number of aromatic nitrogens is 3. The van der Waals surface area contributed by atoms with E-state index in [1.165, 1.54) is 0 Å². The molecule has 0 radical (unpaired) electrons. The lowest BCUT2D eigenvalue weighted by Gasteiger charge is -2.33. The molecule has 0 aliphatic carbocycles. The molecule has 0 spiro atoms. The number of nitrogens with one attached hydrogen (secondary N) is 1. The molecule has 1 saturated heterocycles. The fraction of sp³-hybridized carbons (Fsp3) is 0.562. The number of nitrogens with zero attached hydrogens (tertiary/aromatic N) is 4. The quantitative estimate of drug-likeness (QED) is 0.935. The van der Waals surface area contributed by atoms with E-state index in [9.17, 15) is 4.79 Å². The molecule has 0 unspecified atom stereocenters.